The highest BCUT2D eigenvalue weighted by molar-refractivity contribution is 9.10. The predicted octanol–water partition coefficient (Wildman–Crippen LogP) is 3.80. The van der Waals surface area contributed by atoms with Gasteiger partial charge < -0.3 is 4.74 Å². The molecule has 0 aliphatic rings. The van der Waals surface area contributed by atoms with Gasteiger partial charge in [-0.3, -0.25) is 0 Å². The second-order valence-corrected chi connectivity index (χ2v) is 4.10. The standard InChI is InChI=1S/C10H6BrClFNO/c1-15-8-4-5(12)9-7(14-8)3-2-6(13)10(9)11/h2-4H,1H3. The summed E-state index contributed by atoms with van der Waals surface area (Å²) in [4.78, 5) is 4.15. The summed E-state index contributed by atoms with van der Waals surface area (Å²) in [5, 5.41) is 0.959. The number of ether oxygens (including phenoxy) is 1. The third-order valence-electron chi connectivity index (χ3n) is 2.00. The van der Waals surface area contributed by atoms with E-state index in [9.17, 15) is 4.39 Å². The lowest BCUT2D eigenvalue weighted by molar-refractivity contribution is 0.399. The van der Waals surface area contributed by atoms with Gasteiger partial charge in [0.25, 0.3) is 0 Å². The molecule has 1 aromatic heterocycles. The Morgan fingerprint density at radius 1 is 1.47 bits per heavy atom. The molecule has 0 atom stereocenters. The first-order valence-electron chi connectivity index (χ1n) is 4.11. The van der Waals surface area contributed by atoms with Crippen LogP contribution in [0, 0.1) is 5.82 Å². The van der Waals surface area contributed by atoms with Crippen molar-refractivity contribution in [1.29, 1.82) is 0 Å². The van der Waals surface area contributed by atoms with E-state index in [-0.39, 0.29) is 5.82 Å². The highest BCUT2D eigenvalue weighted by Gasteiger charge is 2.11. The SMILES string of the molecule is COc1cc(Cl)c2c(Br)c(F)ccc2n1. The maximum absolute atomic E-state index is 13.2. The molecule has 0 radical (unpaired) electrons. The summed E-state index contributed by atoms with van der Waals surface area (Å²) in [5.41, 5.74) is 0.590. The summed E-state index contributed by atoms with van der Waals surface area (Å²) >= 11 is 9.14. The maximum Gasteiger partial charge on any atom is 0.215 e. The van der Waals surface area contributed by atoms with Crippen LogP contribution in [0.2, 0.25) is 5.02 Å². The summed E-state index contributed by atoms with van der Waals surface area (Å²) in [6.45, 7) is 0. The van der Waals surface area contributed by atoms with Crippen LogP contribution in [0.5, 0.6) is 5.88 Å². The van der Waals surface area contributed by atoms with Crippen molar-refractivity contribution < 1.29 is 9.13 Å². The van der Waals surface area contributed by atoms with E-state index >= 15 is 0 Å². The number of methoxy groups -OCH3 is 1. The van der Waals surface area contributed by atoms with E-state index in [0.717, 1.165) is 0 Å². The van der Waals surface area contributed by atoms with E-state index in [1.165, 1.54) is 13.2 Å². The minimum Gasteiger partial charge on any atom is -0.481 e. The number of nitrogens with zero attached hydrogens (tertiary/aromatic N) is 1. The van der Waals surface area contributed by atoms with Crippen LogP contribution in [0.25, 0.3) is 10.9 Å². The Balaban J connectivity index is 2.85. The lowest BCUT2D eigenvalue weighted by Crippen LogP contribution is -1.90. The first-order valence-corrected chi connectivity index (χ1v) is 5.29. The van der Waals surface area contributed by atoms with Gasteiger partial charge in [0.05, 0.1) is 22.1 Å². The van der Waals surface area contributed by atoms with Crippen molar-refractivity contribution in [2.75, 3.05) is 7.11 Å². The van der Waals surface area contributed by atoms with Gasteiger partial charge in [-0.25, -0.2) is 9.37 Å². The third-order valence-corrected chi connectivity index (χ3v) is 3.08. The van der Waals surface area contributed by atoms with Gasteiger partial charge in [0.15, 0.2) is 0 Å². The number of pyridine rings is 1. The molecule has 1 heterocycles. The van der Waals surface area contributed by atoms with Crippen LogP contribution in [-0.2, 0) is 0 Å². The largest absolute Gasteiger partial charge is 0.481 e. The number of benzene rings is 1. The van der Waals surface area contributed by atoms with Gasteiger partial charge >= 0.3 is 0 Å². The Hall–Kier alpha value is -0.870. The zero-order valence-corrected chi connectivity index (χ0v) is 10.1. The molecule has 0 aliphatic heterocycles. The van der Waals surface area contributed by atoms with Crippen LogP contribution >= 0.6 is 27.5 Å². The van der Waals surface area contributed by atoms with Crippen molar-refractivity contribution in [3.63, 3.8) is 0 Å². The maximum atomic E-state index is 13.2. The summed E-state index contributed by atoms with van der Waals surface area (Å²) in [6, 6.07) is 4.44. The fourth-order valence-corrected chi connectivity index (χ4v) is 2.24. The fraction of sp³-hybridized carbons (Fsp3) is 0.100. The van der Waals surface area contributed by atoms with Crippen molar-refractivity contribution in [1.82, 2.24) is 4.98 Å². The molecule has 0 aliphatic carbocycles. The second kappa shape index (κ2) is 3.94. The minimum absolute atomic E-state index is 0.320. The molecular formula is C10H6BrClFNO. The van der Waals surface area contributed by atoms with Crippen molar-refractivity contribution in [2.24, 2.45) is 0 Å². The van der Waals surface area contributed by atoms with Crippen molar-refractivity contribution in [2.45, 2.75) is 0 Å². The molecule has 0 saturated heterocycles. The molecule has 15 heavy (non-hydrogen) atoms. The van der Waals surface area contributed by atoms with Gasteiger partial charge in [-0.2, -0.15) is 0 Å². The molecule has 2 rings (SSSR count). The highest BCUT2D eigenvalue weighted by Crippen LogP contribution is 2.33. The van der Waals surface area contributed by atoms with Gasteiger partial charge in [-0.05, 0) is 28.1 Å². The van der Waals surface area contributed by atoms with E-state index in [2.05, 4.69) is 20.9 Å². The Bertz CT molecular complexity index is 532. The molecule has 0 bridgehead atoms. The number of rotatable bonds is 1. The number of halogens is 3. The molecule has 5 heteroatoms. The van der Waals surface area contributed by atoms with Crippen LogP contribution in [0.4, 0.5) is 4.39 Å². The number of hydrogen-bond acceptors (Lipinski definition) is 2. The zero-order chi connectivity index (χ0) is 11.0. The molecule has 2 aromatic rings. The first-order chi connectivity index (χ1) is 7.13. The van der Waals surface area contributed by atoms with Gasteiger partial charge in [0.1, 0.15) is 5.82 Å². The monoisotopic (exact) mass is 289 g/mol. The quantitative estimate of drug-likeness (QED) is 0.797. The third kappa shape index (κ3) is 1.79. The van der Waals surface area contributed by atoms with E-state index < -0.39 is 0 Å². The lowest BCUT2D eigenvalue weighted by Gasteiger charge is -2.06. The zero-order valence-electron chi connectivity index (χ0n) is 7.72. The number of hydrogen-bond donors (Lipinski definition) is 0. The van der Waals surface area contributed by atoms with Crippen LogP contribution < -0.4 is 4.74 Å². The van der Waals surface area contributed by atoms with E-state index in [1.54, 1.807) is 12.1 Å². The van der Waals surface area contributed by atoms with Crippen molar-refractivity contribution in [3.05, 3.63) is 33.5 Å². The van der Waals surface area contributed by atoms with E-state index in [4.69, 9.17) is 16.3 Å². The predicted molar refractivity (Wildman–Crippen MR) is 61.0 cm³/mol. The molecule has 0 N–H and O–H groups in total. The Kier molecular flexibility index (Phi) is 2.80. The lowest BCUT2D eigenvalue weighted by atomic mass is 10.2. The van der Waals surface area contributed by atoms with Gasteiger partial charge in [0, 0.05) is 11.5 Å². The smallest absolute Gasteiger partial charge is 0.215 e. The Morgan fingerprint density at radius 3 is 2.87 bits per heavy atom. The minimum atomic E-state index is -0.364. The number of fused-ring (bicyclic) bond motifs is 1. The molecule has 0 amide bonds. The highest BCUT2D eigenvalue weighted by atomic mass is 79.9. The van der Waals surface area contributed by atoms with E-state index in [1.807, 2.05) is 0 Å². The average molecular weight is 291 g/mol. The van der Waals surface area contributed by atoms with Crippen LogP contribution in [0.3, 0.4) is 0 Å². The number of aromatic nitrogens is 1. The second-order valence-electron chi connectivity index (χ2n) is 2.90. The summed E-state index contributed by atoms with van der Waals surface area (Å²) in [5.74, 6) is 0.0439. The fourth-order valence-electron chi connectivity index (χ4n) is 1.30. The van der Waals surface area contributed by atoms with Gasteiger partial charge in [-0.15, -0.1) is 0 Å². The molecule has 0 spiro atoms. The summed E-state index contributed by atoms with van der Waals surface area (Å²) < 4.78 is 18.5. The molecule has 0 fully saturated rings. The van der Waals surface area contributed by atoms with Gasteiger partial charge in [-0.1, -0.05) is 11.6 Å². The molecule has 1 aromatic carbocycles. The van der Waals surface area contributed by atoms with Crippen molar-refractivity contribution >= 4 is 38.4 Å². The summed E-state index contributed by atoms with van der Waals surface area (Å²) in [6.07, 6.45) is 0. The average Bonchev–Trinajstić information content (AvgIpc) is 2.23. The van der Waals surface area contributed by atoms with Crippen LogP contribution in [-0.4, -0.2) is 12.1 Å². The van der Waals surface area contributed by atoms with Crippen LogP contribution in [0.1, 0.15) is 0 Å². The molecule has 0 saturated carbocycles. The Morgan fingerprint density at radius 2 is 2.20 bits per heavy atom. The first kappa shape index (κ1) is 10.6. The molecule has 78 valence electrons. The topological polar surface area (TPSA) is 22.1 Å². The Labute approximate surface area is 99.1 Å². The molecular weight excluding hydrogens is 284 g/mol. The van der Waals surface area contributed by atoms with Gasteiger partial charge in [0.2, 0.25) is 5.88 Å². The van der Waals surface area contributed by atoms with Crippen LogP contribution in [0.15, 0.2) is 22.7 Å². The normalized spacial score (nSPS) is 10.7. The molecule has 0 unspecified atom stereocenters. The van der Waals surface area contributed by atoms with E-state index in [0.29, 0.717) is 26.3 Å². The van der Waals surface area contributed by atoms with Crippen molar-refractivity contribution in [3.8, 4) is 5.88 Å². The molecule has 2 nitrogen and oxygen atoms in total. The summed E-state index contributed by atoms with van der Waals surface area (Å²) in [7, 11) is 1.50.